The summed E-state index contributed by atoms with van der Waals surface area (Å²) in [5.74, 6) is 1.46. The molecule has 4 nitrogen and oxygen atoms in total. The predicted octanol–water partition coefficient (Wildman–Crippen LogP) is 2.94. The first-order chi connectivity index (χ1) is 8.66. The highest BCUT2D eigenvalue weighted by Crippen LogP contribution is 2.46. The zero-order valence-electron chi connectivity index (χ0n) is 10.2. The summed E-state index contributed by atoms with van der Waals surface area (Å²) in [4.78, 5) is 2.21. The van der Waals surface area contributed by atoms with Gasteiger partial charge in [0.15, 0.2) is 0 Å². The molecule has 98 valence electrons. The molecular formula is C13H18N2O2S. The number of piperidine rings is 1. The molecule has 5 heteroatoms. The first kappa shape index (κ1) is 12.0. The van der Waals surface area contributed by atoms with Gasteiger partial charge in [0.2, 0.25) is 0 Å². The van der Waals surface area contributed by atoms with Gasteiger partial charge in [0.1, 0.15) is 5.84 Å². The molecule has 0 saturated carbocycles. The summed E-state index contributed by atoms with van der Waals surface area (Å²) in [6, 6.07) is 10.2. The number of benzene rings is 1. The molecular weight excluding hydrogens is 248 g/mol. The van der Waals surface area contributed by atoms with Crippen molar-refractivity contribution in [1.29, 1.82) is 0 Å². The zero-order valence-corrected chi connectivity index (χ0v) is 11.0. The highest BCUT2D eigenvalue weighted by atomic mass is 32.3. The normalized spacial score (nSPS) is 28.2. The maximum absolute atomic E-state index is 9.80. The maximum atomic E-state index is 9.80. The van der Waals surface area contributed by atoms with Gasteiger partial charge in [0.25, 0.3) is 0 Å². The Morgan fingerprint density at radius 1 is 1.17 bits per heavy atom. The van der Waals surface area contributed by atoms with E-state index in [2.05, 4.69) is 21.4 Å². The van der Waals surface area contributed by atoms with Crippen molar-refractivity contribution in [3.8, 4) is 0 Å². The van der Waals surface area contributed by atoms with Gasteiger partial charge in [-0.15, -0.1) is 4.40 Å². The van der Waals surface area contributed by atoms with Gasteiger partial charge in [-0.05, 0) is 18.4 Å². The summed E-state index contributed by atoms with van der Waals surface area (Å²) in [5, 5.41) is 0. The SMILES string of the molecule is OS1(O)CCN2CCCC(c3ccccc3)C2=N1. The lowest BCUT2D eigenvalue weighted by Gasteiger charge is -2.43. The molecule has 0 aromatic heterocycles. The number of rotatable bonds is 1. The molecule has 1 saturated heterocycles. The molecule has 1 aromatic carbocycles. The molecule has 3 rings (SSSR count). The van der Waals surface area contributed by atoms with Gasteiger partial charge < -0.3 is 4.90 Å². The highest BCUT2D eigenvalue weighted by Gasteiger charge is 2.33. The van der Waals surface area contributed by atoms with Crippen LogP contribution in [-0.4, -0.2) is 38.7 Å². The number of hydrogen-bond donors (Lipinski definition) is 2. The quantitative estimate of drug-likeness (QED) is 0.821. The average Bonchev–Trinajstić information content (AvgIpc) is 2.38. The lowest BCUT2D eigenvalue weighted by molar-refractivity contribution is 0.356. The third-order valence-electron chi connectivity index (χ3n) is 3.63. The summed E-state index contributed by atoms with van der Waals surface area (Å²) in [7, 11) is -2.75. The van der Waals surface area contributed by atoms with Crippen LogP contribution in [-0.2, 0) is 0 Å². The monoisotopic (exact) mass is 266 g/mol. The van der Waals surface area contributed by atoms with Crippen LogP contribution in [0, 0.1) is 0 Å². The molecule has 1 atom stereocenters. The average molecular weight is 266 g/mol. The second kappa shape index (κ2) is 4.57. The van der Waals surface area contributed by atoms with Gasteiger partial charge in [0.05, 0.1) is 5.75 Å². The maximum Gasteiger partial charge on any atom is 0.132 e. The minimum absolute atomic E-state index is 0.214. The van der Waals surface area contributed by atoms with Crippen LogP contribution in [0.5, 0.6) is 0 Å². The van der Waals surface area contributed by atoms with E-state index in [4.69, 9.17) is 0 Å². The fourth-order valence-electron chi connectivity index (χ4n) is 2.73. The third kappa shape index (κ3) is 2.25. The van der Waals surface area contributed by atoms with Crippen molar-refractivity contribution in [2.45, 2.75) is 18.8 Å². The standard InChI is InChI=1S/C13H18N2O2S/c16-18(17)10-9-15-8-4-7-12(13(15)14-18)11-5-2-1-3-6-11/h1-3,5-6,12,16-17H,4,7-10H2. The first-order valence-electron chi connectivity index (χ1n) is 6.31. The van der Waals surface area contributed by atoms with Crippen molar-refractivity contribution in [3.05, 3.63) is 35.9 Å². The van der Waals surface area contributed by atoms with Crippen molar-refractivity contribution < 1.29 is 9.11 Å². The van der Waals surface area contributed by atoms with Crippen LogP contribution in [0.15, 0.2) is 34.7 Å². The van der Waals surface area contributed by atoms with Gasteiger partial charge >= 0.3 is 0 Å². The summed E-state index contributed by atoms with van der Waals surface area (Å²) in [6.07, 6.45) is 2.17. The van der Waals surface area contributed by atoms with E-state index in [-0.39, 0.29) is 5.92 Å². The molecule has 0 bridgehead atoms. The molecule has 0 radical (unpaired) electrons. The number of fused-ring (bicyclic) bond motifs is 1. The van der Waals surface area contributed by atoms with Crippen molar-refractivity contribution in [1.82, 2.24) is 4.90 Å². The molecule has 0 amide bonds. The molecule has 2 heterocycles. The number of amidine groups is 1. The van der Waals surface area contributed by atoms with Crippen molar-refractivity contribution in [3.63, 3.8) is 0 Å². The Kier molecular flexibility index (Phi) is 3.05. The van der Waals surface area contributed by atoms with Crippen LogP contribution >= 0.6 is 10.8 Å². The van der Waals surface area contributed by atoms with Gasteiger partial charge in [0, 0.05) is 19.0 Å². The highest BCUT2D eigenvalue weighted by molar-refractivity contribution is 8.23. The summed E-state index contributed by atoms with van der Waals surface area (Å²) < 4.78 is 23.8. The van der Waals surface area contributed by atoms with E-state index in [1.165, 1.54) is 5.56 Å². The van der Waals surface area contributed by atoms with E-state index in [1.54, 1.807) is 0 Å². The van der Waals surface area contributed by atoms with Crippen molar-refractivity contribution >= 4 is 16.6 Å². The smallest absolute Gasteiger partial charge is 0.132 e. The third-order valence-corrected chi connectivity index (χ3v) is 4.84. The largest absolute Gasteiger partial charge is 0.357 e. The van der Waals surface area contributed by atoms with E-state index in [9.17, 15) is 9.11 Å². The molecule has 2 aliphatic heterocycles. The van der Waals surface area contributed by atoms with E-state index in [0.29, 0.717) is 12.3 Å². The second-order valence-electron chi connectivity index (χ2n) is 4.88. The molecule has 0 spiro atoms. The van der Waals surface area contributed by atoms with Gasteiger partial charge in [-0.2, -0.15) is 0 Å². The number of nitrogens with zero attached hydrogens (tertiary/aromatic N) is 2. The fourth-order valence-corrected chi connectivity index (χ4v) is 3.83. The lowest BCUT2D eigenvalue weighted by Crippen LogP contribution is -2.45. The molecule has 2 aliphatic rings. The van der Waals surface area contributed by atoms with E-state index < -0.39 is 10.8 Å². The van der Waals surface area contributed by atoms with Crippen LogP contribution in [0.3, 0.4) is 0 Å². The lowest BCUT2D eigenvalue weighted by atomic mass is 9.89. The van der Waals surface area contributed by atoms with Gasteiger partial charge in [-0.3, -0.25) is 9.11 Å². The van der Waals surface area contributed by atoms with Gasteiger partial charge in [-0.25, -0.2) is 0 Å². The van der Waals surface area contributed by atoms with Crippen molar-refractivity contribution in [2.24, 2.45) is 4.40 Å². The molecule has 1 aromatic rings. The predicted molar refractivity (Wildman–Crippen MR) is 75.1 cm³/mol. The Bertz CT molecular complexity index is 461. The summed E-state index contributed by atoms with van der Waals surface area (Å²) in [5.41, 5.74) is 1.22. The van der Waals surface area contributed by atoms with Crippen LogP contribution in [0.25, 0.3) is 0 Å². The van der Waals surface area contributed by atoms with Crippen LogP contribution in [0.2, 0.25) is 0 Å². The Morgan fingerprint density at radius 2 is 1.94 bits per heavy atom. The van der Waals surface area contributed by atoms with Crippen molar-refractivity contribution in [2.75, 3.05) is 18.8 Å². The molecule has 1 unspecified atom stereocenters. The molecule has 18 heavy (non-hydrogen) atoms. The second-order valence-corrected chi connectivity index (χ2v) is 6.73. The number of hydrogen-bond acceptors (Lipinski definition) is 4. The minimum atomic E-state index is -2.75. The van der Waals surface area contributed by atoms with Crippen LogP contribution in [0.1, 0.15) is 24.3 Å². The van der Waals surface area contributed by atoms with Gasteiger partial charge in [-0.1, -0.05) is 41.1 Å². The Balaban J connectivity index is 1.97. The Morgan fingerprint density at radius 3 is 2.72 bits per heavy atom. The summed E-state index contributed by atoms with van der Waals surface area (Å²) >= 11 is 0. The van der Waals surface area contributed by atoms with Crippen LogP contribution < -0.4 is 0 Å². The Hall–Kier alpha value is -1.04. The summed E-state index contributed by atoms with van der Waals surface area (Å²) in [6.45, 7) is 1.70. The zero-order chi connectivity index (χ0) is 12.6. The van der Waals surface area contributed by atoms with Crippen LogP contribution in [0.4, 0.5) is 0 Å². The molecule has 2 N–H and O–H groups in total. The topological polar surface area (TPSA) is 56.1 Å². The Labute approximate surface area is 109 Å². The minimum Gasteiger partial charge on any atom is -0.357 e. The van der Waals surface area contributed by atoms with E-state index in [1.807, 2.05) is 18.2 Å². The fraction of sp³-hybridized carbons (Fsp3) is 0.462. The van der Waals surface area contributed by atoms with E-state index >= 15 is 0 Å². The molecule has 0 aliphatic carbocycles. The first-order valence-corrected chi connectivity index (χ1v) is 7.99. The van der Waals surface area contributed by atoms with E-state index in [0.717, 1.165) is 25.2 Å². The molecule has 1 fully saturated rings.